The van der Waals surface area contributed by atoms with Crippen LogP contribution in [-0.4, -0.2) is 17.9 Å². The molecule has 0 saturated carbocycles. The molecule has 0 aliphatic carbocycles. The molecule has 0 atom stereocenters. The average molecular weight is 340 g/mol. The third-order valence-electron chi connectivity index (χ3n) is 3.41. The van der Waals surface area contributed by atoms with E-state index < -0.39 is 0 Å². The van der Waals surface area contributed by atoms with Crippen molar-refractivity contribution in [2.75, 3.05) is 7.05 Å². The van der Waals surface area contributed by atoms with Crippen molar-refractivity contribution < 1.29 is 9.18 Å². The van der Waals surface area contributed by atoms with Crippen LogP contribution < -0.4 is 0 Å². The van der Waals surface area contributed by atoms with Gasteiger partial charge >= 0.3 is 0 Å². The fourth-order valence-corrected chi connectivity index (χ4v) is 2.60. The van der Waals surface area contributed by atoms with Gasteiger partial charge in [-0.2, -0.15) is 0 Å². The van der Waals surface area contributed by atoms with Crippen LogP contribution in [0.15, 0.2) is 42.5 Å². The Hall–Kier alpha value is -1.58. The van der Waals surface area contributed by atoms with Crippen molar-refractivity contribution in [3.8, 4) is 0 Å². The number of benzene rings is 2. The lowest BCUT2D eigenvalue weighted by atomic mass is 10.1. The van der Waals surface area contributed by atoms with Crippen LogP contribution in [0.25, 0.3) is 0 Å². The van der Waals surface area contributed by atoms with Crippen LogP contribution in [0.2, 0.25) is 10.0 Å². The molecule has 2 rings (SSSR count). The van der Waals surface area contributed by atoms with E-state index in [1.165, 1.54) is 6.07 Å². The van der Waals surface area contributed by atoms with Crippen molar-refractivity contribution in [3.05, 3.63) is 69.5 Å². The van der Waals surface area contributed by atoms with E-state index in [1.807, 2.05) is 0 Å². The van der Waals surface area contributed by atoms with E-state index in [9.17, 15) is 9.18 Å². The van der Waals surface area contributed by atoms with E-state index in [-0.39, 0.29) is 18.1 Å². The van der Waals surface area contributed by atoms with Crippen LogP contribution in [0.1, 0.15) is 17.5 Å². The van der Waals surface area contributed by atoms with E-state index in [1.54, 1.807) is 48.3 Å². The van der Waals surface area contributed by atoms with Crippen LogP contribution in [0.4, 0.5) is 4.39 Å². The highest BCUT2D eigenvalue weighted by Gasteiger charge is 2.12. The molecule has 2 aromatic rings. The van der Waals surface area contributed by atoms with E-state index in [0.29, 0.717) is 28.6 Å². The zero-order chi connectivity index (χ0) is 16.1. The van der Waals surface area contributed by atoms with E-state index in [0.717, 1.165) is 5.56 Å². The van der Waals surface area contributed by atoms with Crippen molar-refractivity contribution in [2.24, 2.45) is 0 Å². The predicted octanol–water partition coefficient (Wildman–Crippen LogP) is 4.72. The third-order valence-corrected chi connectivity index (χ3v) is 4.00. The second-order valence-electron chi connectivity index (χ2n) is 5.08. The molecule has 0 radical (unpaired) electrons. The highest BCUT2D eigenvalue weighted by atomic mass is 35.5. The Morgan fingerprint density at radius 2 is 1.86 bits per heavy atom. The van der Waals surface area contributed by atoms with Crippen molar-refractivity contribution in [3.63, 3.8) is 0 Å². The summed E-state index contributed by atoms with van der Waals surface area (Å²) < 4.78 is 13.5. The Bertz CT molecular complexity index is 675. The summed E-state index contributed by atoms with van der Waals surface area (Å²) in [4.78, 5) is 13.7. The average Bonchev–Trinajstić information content (AvgIpc) is 2.49. The summed E-state index contributed by atoms with van der Waals surface area (Å²) in [5.41, 5.74) is 1.38. The second kappa shape index (κ2) is 7.61. The van der Waals surface area contributed by atoms with Crippen molar-refractivity contribution >= 4 is 29.1 Å². The van der Waals surface area contributed by atoms with E-state index in [4.69, 9.17) is 23.2 Å². The van der Waals surface area contributed by atoms with Crippen molar-refractivity contribution in [1.82, 2.24) is 4.90 Å². The predicted molar refractivity (Wildman–Crippen MR) is 87.7 cm³/mol. The fraction of sp³-hybridized carbons (Fsp3) is 0.235. The standard InChI is InChI=1S/C17H16Cl2FNO/c1-21(11-13-6-8-14(18)10-15(13)19)17(22)9-7-12-4-2-3-5-16(12)20/h2-6,8,10H,7,9,11H2,1H3. The van der Waals surface area contributed by atoms with Gasteiger partial charge < -0.3 is 4.90 Å². The molecule has 0 N–H and O–H groups in total. The van der Waals surface area contributed by atoms with Gasteiger partial charge in [-0.15, -0.1) is 0 Å². The van der Waals surface area contributed by atoms with Gasteiger partial charge in [-0.25, -0.2) is 4.39 Å². The van der Waals surface area contributed by atoms with Gasteiger partial charge in [-0.05, 0) is 35.7 Å². The van der Waals surface area contributed by atoms with Gasteiger partial charge in [0.15, 0.2) is 0 Å². The Balaban J connectivity index is 1.93. The van der Waals surface area contributed by atoms with Crippen LogP contribution in [0.3, 0.4) is 0 Å². The van der Waals surface area contributed by atoms with Gasteiger partial charge in [0.2, 0.25) is 5.91 Å². The Kier molecular flexibility index (Phi) is 5.81. The number of carbonyl (C=O) groups excluding carboxylic acids is 1. The molecular formula is C17H16Cl2FNO. The molecular weight excluding hydrogens is 324 g/mol. The first-order valence-electron chi connectivity index (χ1n) is 6.88. The fourth-order valence-electron chi connectivity index (χ4n) is 2.13. The molecule has 22 heavy (non-hydrogen) atoms. The van der Waals surface area contributed by atoms with Crippen LogP contribution >= 0.6 is 23.2 Å². The number of halogens is 3. The summed E-state index contributed by atoms with van der Waals surface area (Å²) in [6, 6.07) is 11.7. The first-order valence-corrected chi connectivity index (χ1v) is 7.64. The number of hydrogen-bond acceptors (Lipinski definition) is 1. The Labute approximate surface area is 139 Å². The molecule has 0 fully saturated rings. The van der Waals surface area contributed by atoms with E-state index in [2.05, 4.69) is 0 Å². The highest BCUT2D eigenvalue weighted by Crippen LogP contribution is 2.22. The maximum absolute atomic E-state index is 13.5. The molecule has 2 aromatic carbocycles. The molecule has 0 aliphatic rings. The normalized spacial score (nSPS) is 10.5. The van der Waals surface area contributed by atoms with Gasteiger partial charge in [0.1, 0.15) is 5.82 Å². The van der Waals surface area contributed by atoms with Crippen LogP contribution in [-0.2, 0) is 17.8 Å². The lowest BCUT2D eigenvalue weighted by Gasteiger charge is -2.18. The van der Waals surface area contributed by atoms with Gasteiger partial charge in [0.05, 0.1) is 0 Å². The Morgan fingerprint density at radius 3 is 2.55 bits per heavy atom. The van der Waals surface area contributed by atoms with Crippen molar-refractivity contribution in [2.45, 2.75) is 19.4 Å². The number of aryl methyl sites for hydroxylation is 1. The van der Waals surface area contributed by atoms with Gasteiger partial charge in [0.25, 0.3) is 0 Å². The molecule has 116 valence electrons. The zero-order valence-electron chi connectivity index (χ0n) is 12.2. The summed E-state index contributed by atoms with van der Waals surface area (Å²) in [5.74, 6) is -0.340. The number of hydrogen-bond donors (Lipinski definition) is 0. The number of rotatable bonds is 5. The third kappa shape index (κ3) is 4.46. The first-order chi connectivity index (χ1) is 10.5. The minimum atomic E-state index is -0.279. The maximum Gasteiger partial charge on any atom is 0.222 e. The maximum atomic E-state index is 13.5. The largest absolute Gasteiger partial charge is 0.341 e. The zero-order valence-corrected chi connectivity index (χ0v) is 13.7. The Morgan fingerprint density at radius 1 is 1.14 bits per heavy atom. The number of amides is 1. The van der Waals surface area contributed by atoms with Crippen LogP contribution in [0.5, 0.6) is 0 Å². The summed E-state index contributed by atoms with van der Waals surface area (Å²) in [6.45, 7) is 0.395. The number of carbonyl (C=O) groups is 1. The second-order valence-corrected chi connectivity index (χ2v) is 5.92. The van der Waals surface area contributed by atoms with E-state index >= 15 is 0 Å². The lowest BCUT2D eigenvalue weighted by Crippen LogP contribution is -2.26. The minimum absolute atomic E-state index is 0.0609. The first kappa shape index (κ1) is 16.8. The van der Waals surface area contributed by atoms with Gasteiger partial charge in [0, 0.05) is 30.1 Å². The topological polar surface area (TPSA) is 20.3 Å². The summed E-state index contributed by atoms with van der Waals surface area (Å²) in [6.07, 6.45) is 0.632. The van der Waals surface area contributed by atoms with Crippen LogP contribution in [0, 0.1) is 5.82 Å². The summed E-state index contributed by atoms with van der Waals surface area (Å²) in [7, 11) is 1.70. The van der Waals surface area contributed by atoms with Crippen molar-refractivity contribution in [1.29, 1.82) is 0 Å². The van der Waals surface area contributed by atoms with Gasteiger partial charge in [-0.3, -0.25) is 4.79 Å². The minimum Gasteiger partial charge on any atom is -0.341 e. The molecule has 0 saturated heterocycles. The summed E-state index contributed by atoms with van der Waals surface area (Å²) in [5, 5.41) is 1.09. The quantitative estimate of drug-likeness (QED) is 0.771. The lowest BCUT2D eigenvalue weighted by molar-refractivity contribution is -0.130. The molecule has 1 amide bonds. The molecule has 0 aromatic heterocycles. The SMILES string of the molecule is CN(Cc1ccc(Cl)cc1Cl)C(=O)CCc1ccccc1F. The summed E-state index contributed by atoms with van der Waals surface area (Å²) >= 11 is 11.9. The smallest absolute Gasteiger partial charge is 0.222 e. The molecule has 0 unspecified atom stereocenters. The molecule has 2 nitrogen and oxygen atoms in total. The molecule has 0 bridgehead atoms. The highest BCUT2D eigenvalue weighted by molar-refractivity contribution is 6.35. The molecule has 0 aliphatic heterocycles. The number of nitrogens with zero attached hydrogens (tertiary/aromatic N) is 1. The molecule has 0 heterocycles. The molecule has 5 heteroatoms. The monoisotopic (exact) mass is 339 g/mol. The van der Waals surface area contributed by atoms with Gasteiger partial charge in [-0.1, -0.05) is 47.5 Å². The molecule has 0 spiro atoms.